The number of hydrogen-bond acceptors (Lipinski definition) is 6. The second-order valence-electron chi connectivity index (χ2n) is 12.2. The van der Waals surface area contributed by atoms with Crippen LogP contribution in [0, 0.1) is 46.8 Å². The fraction of sp³-hybridized carbons (Fsp3) is 0.273. The fourth-order valence-corrected chi connectivity index (χ4v) is 9.23. The van der Waals surface area contributed by atoms with E-state index in [0.717, 1.165) is 4.90 Å². The first-order valence-electron chi connectivity index (χ1n) is 14.7. The number of anilines is 2. The Hall–Kier alpha value is -3.72. The molecule has 0 spiro atoms. The van der Waals surface area contributed by atoms with Crippen LogP contribution in [0.1, 0.15) is 24.3 Å². The van der Waals surface area contributed by atoms with Gasteiger partial charge >= 0.3 is 0 Å². The van der Waals surface area contributed by atoms with Crippen LogP contribution in [0.15, 0.2) is 52.5 Å². The molecule has 3 aromatic carbocycles. The van der Waals surface area contributed by atoms with Crippen LogP contribution in [0.2, 0.25) is 5.02 Å². The summed E-state index contributed by atoms with van der Waals surface area (Å²) in [6.07, 6.45) is 0.732. The number of nitrogens with zero attached hydrogens (tertiary/aromatic N) is 2. The second-order valence-corrected chi connectivity index (χ2v) is 14.8. The zero-order valence-electron chi connectivity index (χ0n) is 25.0. The number of imide groups is 2. The number of phenols is 1. The van der Waals surface area contributed by atoms with Crippen molar-refractivity contribution in [1.82, 2.24) is 0 Å². The Morgan fingerprint density at radius 2 is 1.46 bits per heavy atom. The summed E-state index contributed by atoms with van der Waals surface area (Å²) >= 11 is 23.5. The second kappa shape index (κ2) is 11.7. The number of phenolic OH excluding ortho intramolecular Hbond substituents is 1. The molecular formula is C33H19BrCl3F5N2O6. The van der Waals surface area contributed by atoms with E-state index in [2.05, 4.69) is 15.9 Å². The van der Waals surface area contributed by atoms with Crippen LogP contribution in [0.4, 0.5) is 33.3 Å². The smallest absolute Gasteiger partial charge is 0.258 e. The molecule has 4 aliphatic rings. The number of carbonyl (C=O) groups is 4. The summed E-state index contributed by atoms with van der Waals surface area (Å²) in [7, 11) is 1.21. The number of amides is 4. The van der Waals surface area contributed by atoms with Gasteiger partial charge in [-0.3, -0.25) is 24.1 Å². The lowest BCUT2D eigenvalue weighted by Crippen LogP contribution is -2.60. The van der Waals surface area contributed by atoms with Gasteiger partial charge in [-0.15, -0.1) is 23.2 Å². The van der Waals surface area contributed by atoms with Crippen molar-refractivity contribution in [2.45, 2.75) is 28.5 Å². The molecule has 260 valence electrons. The molecule has 6 atom stereocenters. The Morgan fingerprint density at radius 1 is 0.860 bits per heavy atom. The van der Waals surface area contributed by atoms with Crippen LogP contribution in [0.3, 0.4) is 0 Å². The normalized spacial score (nSPS) is 28.9. The molecule has 7 rings (SSSR count). The molecule has 2 aliphatic carbocycles. The first kappa shape index (κ1) is 34.7. The summed E-state index contributed by atoms with van der Waals surface area (Å²) in [5, 5.41) is 11.7. The van der Waals surface area contributed by atoms with Crippen molar-refractivity contribution in [2.24, 2.45) is 17.8 Å². The molecule has 0 radical (unpaired) electrons. The van der Waals surface area contributed by atoms with Crippen molar-refractivity contribution in [1.29, 1.82) is 0 Å². The van der Waals surface area contributed by atoms with Gasteiger partial charge < -0.3 is 9.84 Å². The number of rotatable bonds is 4. The molecular weight excluding hydrogens is 802 g/mol. The SMILES string of the molecule is COc1cc(Br)cc(C2C3=CCC4C(=O)N(c5ccc(Cl)cc5)C(=O)C4C3CC3(Cl)C(=O)N(c4c(F)c(F)c(F)c(F)c4F)C(=O)C23Cl)c1O. The third kappa shape index (κ3) is 4.40. The highest BCUT2D eigenvalue weighted by Gasteiger charge is 2.77. The van der Waals surface area contributed by atoms with Gasteiger partial charge in [-0.1, -0.05) is 39.2 Å². The average Bonchev–Trinajstić information content (AvgIpc) is 3.42. The van der Waals surface area contributed by atoms with Gasteiger partial charge in [-0.2, -0.15) is 0 Å². The van der Waals surface area contributed by atoms with Crippen molar-refractivity contribution in [3.05, 3.63) is 92.2 Å². The first-order chi connectivity index (χ1) is 23.5. The quantitative estimate of drug-likeness (QED) is 0.0742. The number of aromatic hydroxyl groups is 1. The predicted octanol–water partition coefficient (Wildman–Crippen LogP) is 7.28. The first-order valence-corrected chi connectivity index (χ1v) is 16.6. The van der Waals surface area contributed by atoms with E-state index in [1.807, 2.05) is 0 Å². The zero-order chi connectivity index (χ0) is 36.4. The van der Waals surface area contributed by atoms with E-state index in [0.29, 0.717) is 5.02 Å². The minimum absolute atomic E-state index is 0.0840. The maximum atomic E-state index is 15.2. The Bertz CT molecular complexity index is 2090. The van der Waals surface area contributed by atoms with E-state index >= 15 is 8.78 Å². The molecule has 6 unspecified atom stereocenters. The summed E-state index contributed by atoms with van der Waals surface area (Å²) < 4.78 is 78.9. The average molecular weight is 821 g/mol. The molecule has 4 amide bonds. The van der Waals surface area contributed by atoms with Crippen molar-refractivity contribution < 1.29 is 51.0 Å². The number of hydrogen-bond donors (Lipinski definition) is 1. The summed E-state index contributed by atoms with van der Waals surface area (Å²) in [4.78, 5) is 51.7. The third-order valence-electron chi connectivity index (χ3n) is 9.91. The molecule has 0 bridgehead atoms. The number of fused-ring (bicyclic) bond motifs is 4. The van der Waals surface area contributed by atoms with E-state index in [1.54, 1.807) is 0 Å². The summed E-state index contributed by atoms with van der Waals surface area (Å²) in [6, 6.07) is 8.50. The van der Waals surface area contributed by atoms with Crippen LogP contribution >= 0.6 is 50.7 Å². The van der Waals surface area contributed by atoms with Gasteiger partial charge in [0.2, 0.25) is 17.6 Å². The molecule has 2 saturated heterocycles. The van der Waals surface area contributed by atoms with E-state index < -0.39 is 104 Å². The van der Waals surface area contributed by atoms with Crippen LogP contribution < -0.4 is 14.5 Å². The maximum Gasteiger partial charge on any atom is 0.258 e. The highest BCUT2D eigenvalue weighted by atomic mass is 79.9. The highest BCUT2D eigenvalue weighted by Crippen LogP contribution is 2.67. The van der Waals surface area contributed by atoms with E-state index in [9.17, 15) is 37.5 Å². The number of alkyl halides is 2. The lowest BCUT2D eigenvalue weighted by Gasteiger charge is -2.50. The fourth-order valence-electron chi connectivity index (χ4n) is 7.73. The molecule has 1 saturated carbocycles. The number of allylic oxidation sites excluding steroid dienone is 2. The molecule has 50 heavy (non-hydrogen) atoms. The Labute approximate surface area is 302 Å². The Morgan fingerprint density at radius 3 is 2.06 bits per heavy atom. The standard InChI is InChI=1S/C33H19BrCl3F5N2O6/c1-50-18-9-11(34)8-16(27(18)45)20-14-6-7-15-19(29(47)43(28(15)46)13-4-2-12(35)3-5-13)17(14)10-32(36)30(48)44(31(49)33(20,32)37)26-24(41)22(39)21(38)23(40)25(26)42/h2-6,8-9,15,17,19-20,45H,7,10H2,1H3. The molecule has 0 aromatic heterocycles. The minimum Gasteiger partial charge on any atom is -0.504 e. The molecule has 17 heteroatoms. The van der Waals surface area contributed by atoms with Crippen LogP contribution in [0.25, 0.3) is 0 Å². The molecule has 3 fully saturated rings. The lowest BCUT2D eigenvalue weighted by atomic mass is 9.56. The maximum absolute atomic E-state index is 15.2. The number of benzene rings is 3. The van der Waals surface area contributed by atoms with Gasteiger partial charge in [0, 0.05) is 21.0 Å². The molecule has 2 aliphatic heterocycles. The van der Waals surface area contributed by atoms with Gasteiger partial charge in [-0.05, 0) is 55.2 Å². The Balaban J connectivity index is 1.46. The van der Waals surface area contributed by atoms with Crippen LogP contribution in [-0.4, -0.2) is 45.6 Å². The zero-order valence-corrected chi connectivity index (χ0v) is 28.9. The molecule has 2 heterocycles. The number of ether oxygens (including phenoxy) is 1. The van der Waals surface area contributed by atoms with Crippen molar-refractivity contribution in [3.8, 4) is 11.5 Å². The number of methoxy groups -OCH3 is 1. The largest absolute Gasteiger partial charge is 0.504 e. The predicted molar refractivity (Wildman–Crippen MR) is 173 cm³/mol. The number of halogens is 9. The van der Waals surface area contributed by atoms with Gasteiger partial charge in [0.15, 0.2) is 44.5 Å². The summed E-state index contributed by atoms with van der Waals surface area (Å²) in [5.74, 6) is -22.9. The van der Waals surface area contributed by atoms with Crippen molar-refractivity contribution in [2.75, 3.05) is 16.9 Å². The molecule has 3 aromatic rings. The summed E-state index contributed by atoms with van der Waals surface area (Å²) in [5.41, 5.74) is -1.75. The lowest BCUT2D eigenvalue weighted by molar-refractivity contribution is -0.125. The van der Waals surface area contributed by atoms with E-state index in [4.69, 9.17) is 39.5 Å². The van der Waals surface area contributed by atoms with Gasteiger partial charge in [-0.25, -0.2) is 26.9 Å². The topological polar surface area (TPSA) is 104 Å². The van der Waals surface area contributed by atoms with E-state index in [1.165, 1.54) is 49.6 Å². The number of carbonyl (C=O) groups excluding carboxylic acids is 4. The van der Waals surface area contributed by atoms with Crippen LogP contribution in [-0.2, 0) is 19.2 Å². The molecule has 1 N–H and O–H groups in total. The van der Waals surface area contributed by atoms with Gasteiger partial charge in [0.1, 0.15) is 5.69 Å². The monoisotopic (exact) mass is 818 g/mol. The highest BCUT2D eigenvalue weighted by molar-refractivity contribution is 9.10. The van der Waals surface area contributed by atoms with Crippen LogP contribution in [0.5, 0.6) is 11.5 Å². The summed E-state index contributed by atoms with van der Waals surface area (Å²) in [6.45, 7) is 0. The van der Waals surface area contributed by atoms with Crippen molar-refractivity contribution in [3.63, 3.8) is 0 Å². The Kier molecular flexibility index (Phi) is 8.09. The van der Waals surface area contributed by atoms with Gasteiger partial charge in [0.05, 0.1) is 24.6 Å². The van der Waals surface area contributed by atoms with Gasteiger partial charge in [0.25, 0.3) is 11.8 Å². The minimum atomic E-state index is -2.81. The molecule has 8 nitrogen and oxygen atoms in total. The van der Waals surface area contributed by atoms with Crippen molar-refractivity contribution >= 4 is 85.7 Å². The van der Waals surface area contributed by atoms with E-state index in [-0.39, 0.29) is 38.4 Å². The third-order valence-corrected chi connectivity index (χ3v) is 12.0.